The SMILES string of the molecule is CC(C)(C)[Si](O[C@@H]1[C@H](O)[C@H](O[C@H]2[C@H](OCc3ccccc3)[C@@H](N3C(=O)c4ccccc4C3=O)[C@H](O[C@H]3[C@H](OCc4ccccc4)[C@@H](N4C(=O)c5ccccc5C4=O)[C@H](OCc4ccccc4)O[C@@H]3COCc3ccccc3)O[C@@H]2COCc2ccccc2)O[C@@H]2COC3(CCCCC3)O[C@@H]12)(c1ccccc1)c1ccccc1. The van der Waals surface area contributed by atoms with Crippen LogP contribution in [-0.2, 0) is 94.3 Å². The molecule has 4 amide bonds. The van der Waals surface area contributed by atoms with Gasteiger partial charge in [-0.1, -0.05) is 264 Å². The molecule has 0 unspecified atom stereocenters. The van der Waals surface area contributed by atoms with Crippen LogP contribution in [-0.4, -0.2) is 164 Å². The Balaban J connectivity index is 0.858. The molecule has 16 rings (SSSR count). The molecule has 4 saturated heterocycles. The predicted octanol–water partition coefficient (Wildman–Crippen LogP) is 12.5. The molecule has 0 aromatic heterocycles. The average Bonchev–Trinajstić information content (AvgIpc) is 1.29. The molecule has 1 saturated carbocycles. The van der Waals surface area contributed by atoms with Gasteiger partial charge in [-0.3, -0.25) is 29.0 Å². The second-order valence-electron chi connectivity index (χ2n) is 30.8. The van der Waals surface area contributed by atoms with Crippen LogP contribution in [0.15, 0.2) is 261 Å². The Morgan fingerprint density at radius 3 is 1.18 bits per heavy atom. The topological polar surface area (TPSA) is 215 Å². The summed E-state index contributed by atoms with van der Waals surface area (Å²) >= 11 is 0. The Kier molecular flexibility index (Phi) is 23.6. The van der Waals surface area contributed by atoms with Gasteiger partial charge in [-0.05, 0) is 80.3 Å². The molecule has 1 spiro atoms. The molecule has 0 radical (unpaired) electrons. The molecule has 9 aromatic rings. The molecule has 15 atom stereocenters. The lowest BCUT2D eigenvalue weighted by atomic mass is 9.90. The molecular weight excluding hydrogens is 1440 g/mol. The van der Waals surface area contributed by atoms with Crippen LogP contribution in [0.25, 0.3) is 0 Å². The molecule has 0 bridgehead atoms. The van der Waals surface area contributed by atoms with Crippen LogP contribution in [0, 0.1) is 0 Å². The number of ether oxygens (including phenoxy) is 12. The molecule has 7 aliphatic rings. The van der Waals surface area contributed by atoms with E-state index in [2.05, 4.69) is 45.0 Å². The third kappa shape index (κ3) is 16.0. The van der Waals surface area contributed by atoms with Gasteiger partial charge < -0.3 is 66.4 Å². The molecule has 6 heterocycles. The molecule has 112 heavy (non-hydrogen) atoms. The van der Waals surface area contributed by atoms with E-state index in [4.69, 9.17) is 61.3 Å². The summed E-state index contributed by atoms with van der Waals surface area (Å²) in [7, 11) is -3.59. The van der Waals surface area contributed by atoms with Crippen molar-refractivity contribution in [2.45, 2.75) is 189 Å². The summed E-state index contributed by atoms with van der Waals surface area (Å²) in [5.74, 6) is -3.64. The van der Waals surface area contributed by atoms with Gasteiger partial charge in [0.1, 0.15) is 73.1 Å². The van der Waals surface area contributed by atoms with E-state index in [0.717, 1.165) is 61.7 Å². The number of carbonyl (C=O) groups excluding carboxylic acids is 4. The lowest BCUT2D eigenvalue weighted by Crippen LogP contribution is -2.74. The summed E-state index contributed by atoms with van der Waals surface area (Å²) in [5, 5.41) is 15.3. The van der Waals surface area contributed by atoms with Crippen LogP contribution in [0.3, 0.4) is 0 Å². The maximum Gasteiger partial charge on any atom is 0.262 e. The number of aliphatic hydroxyl groups excluding tert-OH is 1. The van der Waals surface area contributed by atoms with Crippen LogP contribution >= 0.6 is 0 Å². The Bertz CT molecular complexity index is 4530. The van der Waals surface area contributed by atoms with Gasteiger partial charge in [-0.25, -0.2) is 0 Å². The van der Waals surface area contributed by atoms with Crippen molar-refractivity contribution in [3.8, 4) is 0 Å². The van der Waals surface area contributed by atoms with Gasteiger partial charge in [0.25, 0.3) is 31.9 Å². The summed E-state index contributed by atoms with van der Waals surface area (Å²) < 4.78 is 95.2. The first-order valence-electron chi connectivity index (χ1n) is 38.9. The number of nitrogens with zero attached hydrogens (tertiary/aromatic N) is 2. The lowest BCUT2D eigenvalue weighted by Gasteiger charge is -2.56. The highest BCUT2D eigenvalue weighted by molar-refractivity contribution is 6.99. The van der Waals surface area contributed by atoms with E-state index in [1.54, 1.807) is 48.5 Å². The van der Waals surface area contributed by atoms with E-state index < -0.39 is 135 Å². The summed E-state index contributed by atoms with van der Waals surface area (Å²) in [4.78, 5) is 65.1. The van der Waals surface area contributed by atoms with E-state index >= 15 is 19.2 Å². The van der Waals surface area contributed by atoms with E-state index in [1.807, 2.05) is 188 Å². The lowest BCUT2D eigenvalue weighted by molar-refractivity contribution is -0.408. The third-order valence-electron chi connectivity index (χ3n) is 22.5. The van der Waals surface area contributed by atoms with Gasteiger partial charge in [0.05, 0.1) is 75.1 Å². The summed E-state index contributed by atoms with van der Waals surface area (Å²) in [6.07, 6.45) is -13.7. The highest BCUT2D eigenvalue weighted by atomic mass is 28.4. The zero-order valence-corrected chi connectivity index (χ0v) is 64.0. The standard InChI is InChI=1S/C91H94N2O18Si/c1-90(2,3)112(65-42-22-9-23-43-65,66-44-24-10-25-45-66)111-82-76(94)89(107-73-59-104-91(110-79(73)82)50-30-11-31-51-91)109-78-72(58-100-53-61-34-14-5-15-35-61)106-88(75(81(78)102-55-63-38-18-7-19-39-63)93-85(97)69-48-28-29-49-70(69)86(93)98)108-77-71(57-99-52-60-32-12-4-13-33-60)105-87(103-56-64-40-20-8-21-41-64)74(80(77)101-54-62-36-16-6-17-37-62)92-83(95)67-46-26-27-47-68(67)84(92)96/h4-10,12-29,32-49,71-82,87-89,94H,11,30-31,50-59H2,1-3H3/t71-,72-,73-,74-,75-,76+,77-,78-,79-,80-,81-,82-,87-,88+,89+/m1/s1. The minimum atomic E-state index is -3.59. The van der Waals surface area contributed by atoms with Gasteiger partial charge in [0.15, 0.2) is 24.7 Å². The Labute approximate surface area is 653 Å². The zero-order valence-electron chi connectivity index (χ0n) is 63.0. The molecule has 21 heteroatoms. The Hall–Kier alpha value is -9.08. The largest absolute Gasteiger partial charge is 0.399 e. The number of rotatable bonds is 27. The molecule has 1 N–H and O–H groups in total. The number of aliphatic hydroxyl groups is 1. The minimum absolute atomic E-state index is 0.0340. The summed E-state index contributed by atoms with van der Waals surface area (Å²) in [6, 6.07) is 78.0. The second kappa shape index (κ2) is 34.3. The van der Waals surface area contributed by atoms with Crippen LogP contribution in [0.1, 0.15) is 122 Å². The Morgan fingerprint density at radius 2 is 0.768 bits per heavy atom. The van der Waals surface area contributed by atoms with E-state index in [-0.39, 0.29) is 75.1 Å². The molecule has 1 aliphatic carbocycles. The smallest absolute Gasteiger partial charge is 0.262 e. The zero-order chi connectivity index (χ0) is 76.8. The van der Waals surface area contributed by atoms with Gasteiger partial charge in [0, 0.05) is 12.8 Å². The maximum atomic E-state index is 16.0. The van der Waals surface area contributed by atoms with Crippen molar-refractivity contribution in [2.24, 2.45) is 0 Å². The van der Waals surface area contributed by atoms with E-state index in [1.165, 1.54) is 0 Å². The number of hydrogen-bond acceptors (Lipinski definition) is 18. The molecule has 6 aliphatic heterocycles. The fourth-order valence-corrected chi connectivity index (χ4v) is 21.7. The van der Waals surface area contributed by atoms with E-state index in [0.29, 0.717) is 18.4 Å². The van der Waals surface area contributed by atoms with Crippen molar-refractivity contribution in [2.75, 3.05) is 19.8 Å². The van der Waals surface area contributed by atoms with Crippen molar-refractivity contribution >= 4 is 42.3 Å². The first-order chi connectivity index (χ1) is 54.7. The molecule has 580 valence electrons. The number of hydrogen-bond donors (Lipinski definition) is 1. The molecule has 20 nitrogen and oxygen atoms in total. The normalized spacial score (nSPS) is 27.1. The Morgan fingerprint density at radius 1 is 0.411 bits per heavy atom. The first kappa shape index (κ1) is 76.9. The number of fused-ring (bicyclic) bond motifs is 3. The molecular formula is C91H94N2O18Si. The molecule has 5 fully saturated rings. The number of benzene rings is 9. The fraction of sp³-hybridized carbons (Fsp3) is 0.363. The van der Waals surface area contributed by atoms with Crippen LogP contribution in [0.4, 0.5) is 0 Å². The predicted molar refractivity (Wildman–Crippen MR) is 416 cm³/mol. The van der Waals surface area contributed by atoms with Crippen molar-refractivity contribution in [1.29, 1.82) is 0 Å². The number of carbonyl (C=O) groups is 4. The molecule has 9 aromatic carbocycles. The van der Waals surface area contributed by atoms with Crippen molar-refractivity contribution in [3.05, 3.63) is 311 Å². The van der Waals surface area contributed by atoms with Crippen molar-refractivity contribution in [1.82, 2.24) is 9.80 Å². The average molecular weight is 1530 g/mol. The number of imide groups is 2. The van der Waals surface area contributed by atoms with Gasteiger partial charge in [-0.15, -0.1) is 0 Å². The first-order valence-corrected chi connectivity index (χ1v) is 40.8. The fourth-order valence-electron chi connectivity index (χ4n) is 17.0. The van der Waals surface area contributed by atoms with Gasteiger partial charge >= 0.3 is 0 Å². The number of amides is 4. The third-order valence-corrected chi connectivity index (χ3v) is 27.5. The van der Waals surface area contributed by atoms with Crippen molar-refractivity contribution < 1.29 is 85.6 Å². The van der Waals surface area contributed by atoms with Gasteiger partial charge in [0.2, 0.25) is 0 Å². The van der Waals surface area contributed by atoms with Crippen LogP contribution in [0.2, 0.25) is 5.04 Å². The summed E-state index contributed by atoms with van der Waals surface area (Å²) in [5.41, 5.74) is 4.41. The highest BCUT2D eigenvalue weighted by Crippen LogP contribution is 2.48. The van der Waals surface area contributed by atoms with Gasteiger partial charge in [-0.2, -0.15) is 0 Å². The monoisotopic (exact) mass is 1530 g/mol. The van der Waals surface area contributed by atoms with Crippen LogP contribution in [0.5, 0.6) is 0 Å². The quantitative estimate of drug-likeness (QED) is 0.0374. The van der Waals surface area contributed by atoms with E-state index in [9.17, 15) is 5.11 Å². The second-order valence-corrected chi connectivity index (χ2v) is 35.0. The summed E-state index contributed by atoms with van der Waals surface area (Å²) in [6.45, 7) is 6.01. The van der Waals surface area contributed by atoms with Crippen LogP contribution < -0.4 is 10.4 Å². The highest BCUT2D eigenvalue weighted by Gasteiger charge is 2.64. The maximum absolute atomic E-state index is 16.0. The van der Waals surface area contributed by atoms with Crippen molar-refractivity contribution in [3.63, 3.8) is 0 Å². The minimum Gasteiger partial charge on any atom is -0.399 e.